The fraction of sp³-hybridized carbons (Fsp3) is 0.455. The topological polar surface area (TPSA) is 35.2 Å². The van der Waals surface area contributed by atoms with Crippen LogP contribution in [0.5, 0.6) is 5.75 Å². The molecule has 1 aromatic carbocycles. The van der Waals surface area contributed by atoms with Crippen LogP contribution in [0.3, 0.4) is 0 Å². The number of nitrogens with two attached hydrogens (primary N) is 1. The quantitative estimate of drug-likeness (QED) is 0.901. The van der Waals surface area contributed by atoms with Crippen LogP contribution in [0.4, 0.5) is 0 Å². The minimum atomic E-state index is 0.235. The van der Waals surface area contributed by atoms with E-state index in [9.17, 15) is 0 Å². The van der Waals surface area contributed by atoms with Crippen molar-refractivity contribution in [3.63, 3.8) is 0 Å². The highest BCUT2D eigenvalue weighted by molar-refractivity contribution is 9.10. The molecule has 78 valence electrons. The predicted octanol–water partition coefficient (Wildman–Crippen LogP) is 2.74. The molecule has 1 aromatic rings. The van der Waals surface area contributed by atoms with Gasteiger partial charge in [0.2, 0.25) is 0 Å². The molecule has 0 fully saturated rings. The van der Waals surface area contributed by atoms with Gasteiger partial charge in [0.05, 0.1) is 7.11 Å². The first-order chi connectivity index (χ1) is 6.63. The molecule has 0 aliphatic heterocycles. The summed E-state index contributed by atoms with van der Waals surface area (Å²) in [7, 11) is 1.69. The Balaban J connectivity index is 2.77. The monoisotopic (exact) mass is 257 g/mol. The summed E-state index contributed by atoms with van der Waals surface area (Å²) in [5.41, 5.74) is 6.92. The van der Waals surface area contributed by atoms with Gasteiger partial charge < -0.3 is 10.5 Å². The molecule has 0 amide bonds. The zero-order valence-electron chi connectivity index (χ0n) is 8.59. The summed E-state index contributed by atoms with van der Waals surface area (Å²) < 4.78 is 6.35. The molecular weight excluding hydrogens is 242 g/mol. The summed E-state index contributed by atoms with van der Waals surface area (Å²) in [6.45, 7) is 2.02. The van der Waals surface area contributed by atoms with Crippen molar-refractivity contribution < 1.29 is 4.74 Å². The third-order valence-electron chi connectivity index (χ3n) is 2.11. The van der Waals surface area contributed by atoms with E-state index in [1.807, 2.05) is 19.1 Å². The number of methoxy groups -OCH3 is 1. The van der Waals surface area contributed by atoms with E-state index >= 15 is 0 Å². The van der Waals surface area contributed by atoms with Gasteiger partial charge in [-0.2, -0.15) is 0 Å². The van der Waals surface area contributed by atoms with E-state index in [4.69, 9.17) is 10.5 Å². The minimum absolute atomic E-state index is 0.235. The first-order valence-electron chi connectivity index (χ1n) is 4.71. The molecule has 0 heterocycles. The zero-order chi connectivity index (χ0) is 10.6. The highest BCUT2D eigenvalue weighted by Gasteiger charge is 2.04. The molecule has 0 aromatic heterocycles. The van der Waals surface area contributed by atoms with Gasteiger partial charge in [-0.05, 0) is 43.5 Å². The zero-order valence-corrected chi connectivity index (χ0v) is 10.2. The number of aryl methyl sites for hydroxylation is 1. The van der Waals surface area contributed by atoms with Crippen LogP contribution in [0.2, 0.25) is 0 Å². The Kier molecular flexibility index (Phi) is 4.42. The lowest BCUT2D eigenvalue weighted by Crippen LogP contribution is -2.15. The molecule has 0 radical (unpaired) electrons. The molecule has 1 atom stereocenters. The van der Waals surface area contributed by atoms with Crippen molar-refractivity contribution in [3.05, 3.63) is 28.2 Å². The SMILES string of the molecule is COc1ccc(Br)cc1CCC(C)N. The van der Waals surface area contributed by atoms with Crippen LogP contribution in [0.25, 0.3) is 0 Å². The van der Waals surface area contributed by atoms with Gasteiger partial charge in [-0.15, -0.1) is 0 Å². The van der Waals surface area contributed by atoms with Crippen molar-refractivity contribution in [2.45, 2.75) is 25.8 Å². The maximum absolute atomic E-state index is 5.72. The van der Waals surface area contributed by atoms with E-state index in [-0.39, 0.29) is 6.04 Å². The van der Waals surface area contributed by atoms with Crippen LogP contribution in [0, 0.1) is 0 Å². The lowest BCUT2D eigenvalue weighted by Gasteiger charge is -2.10. The molecule has 0 aliphatic rings. The van der Waals surface area contributed by atoms with E-state index in [0.717, 1.165) is 23.1 Å². The summed E-state index contributed by atoms with van der Waals surface area (Å²) in [6.07, 6.45) is 1.94. The summed E-state index contributed by atoms with van der Waals surface area (Å²) in [5.74, 6) is 0.939. The summed E-state index contributed by atoms with van der Waals surface area (Å²) >= 11 is 3.45. The lowest BCUT2D eigenvalue weighted by molar-refractivity contribution is 0.408. The summed E-state index contributed by atoms with van der Waals surface area (Å²) in [5, 5.41) is 0. The Morgan fingerprint density at radius 1 is 1.50 bits per heavy atom. The van der Waals surface area contributed by atoms with Crippen molar-refractivity contribution >= 4 is 15.9 Å². The van der Waals surface area contributed by atoms with Gasteiger partial charge in [-0.3, -0.25) is 0 Å². The van der Waals surface area contributed by atoms with E-state index in [2.05, 4.69) is 22.0 Å². The molecule has 2 N–H and O–H groups in total. The molecule has 1 unspecified atom stereocenters. The van der Waals surface area contributed by atoms with E-state index in [1.165, 1.54) is 5.56 Å². The Hall–Kier alpha value is -0.540. The van der Waals surface area contributed by atoms with Crippen molar-refractivity contribution in [1.29, 1.82) is 0 Å². The second-order valence-corrected chi connectivity index (χ2v) is 4.39. The van der Waals surface area contributed by atoms with E-state index < -0.39 is 0 Å². The third-order valence-corrected chi connectivity index (χ3v) is 2.60. The maximum Gasteiger partial charge on any atom is 0.122 e. The van der Waals surface area contributed by atoms with Crippen LogP contribution in [0.1, 0.15) is 18.9 Å². The molecule has 0 saturated heterocycles. The van der Waals surface area contributed by atoms with E-state index in [1.54, 1.807) is 7.11 Å². The highest BCUT2D eigenvalue weighted by Crippen LogP contribution is 2.24. The van der Waals surface area contributed by atoms with Gasteiger partial charge in [0.1, 0.15) is 5.75 Å². The van der Waals surface area contributed by atoms with Gasteiger partial charge in [0.25, 0.3) is 0 Å². The van der Waals surface area contributed by atoms with Gasteiger partial charge in [0, 0.05) is 10.5 Å². The average molecular weight is 258 g/mol. The molecule has 0 aliphatic carbocycles. The number of hydrogen-bond acceptors (Lipinski definition) is 2. The first-order valence-corrected chi connectivity index (χ1v) is 5.50. The smallest absolute Gasteiger partial charge is 0.122 e. The second kappa shape index (κ2) is 5.37. The van der Waals surface area contributed by atoms with Crippen molar-refractivity contribution in [1.82, 2.24) is 0 Å². The Morgan fingerprint density at radius 3 is 2.79 bits per heavy atom. The van der Waals surface area contributed by atoms with Gasteiger partial charge in [-0.1, -0.05) is 15.9 Å². The number of benzene rings is 1. The maximum atomic E-state index is 5.72. The first kappa shape index (κ1) is 11.5. The second-order valence-electron chi connectivity index (χ2n) is 3.47. The standard InChI is InChI=1S/C11H16BrNO/c1-8(13)3-4-9-7-10(12)5-6-11(9)14-2/h5-8H,3-4,13H2,1-2H3. The summed E-state index contributed by atoms with van der Waals surface area (Å²) in [4.78, 5) is 0. The van der Waals surface area contributed by atoms with E-state index in [0.29, 0.717) is 0 Å². The van der Waals surface area contributed by atoms with Gasteiger partial charge >= 0.3 is 0 Å². The molecule has 3 heteroatoms. The molecule has 1 rings (SSSR count). The van der Waals surface area contributed by atoms with Crippen molar-refractivity contribution in [2.75, 3.05) is 7.11 Å². The average Bonchev–Trinajstić information content (AvgIpc) is 2.15. The predicted molar refractivity (Wildman–Crippen MR) is 62.7 cm³/mol. The fourth-order valence-electron chi connectivity index (χ4n) is 1.33. The highest BCUT2D eigenvalue weighted by atomic mass is 79.9. The molecule has 0 spiro atoms. The van der Waals surface area contributed by atoms with Crippen LogP contribution in [-0.4, -0.2) is 13.2 Å². The molecule has 14 heavy (non-hydrogen) atoms. The Bertz CT molecular complexity index is 299. The number of ether oxygens (including phenoxy) is 1. The van der Waals surface area contributed by atoms with Crippen molar-refractivity contribution in [2.24, 2.45) is 5.73 Å². The number of hydrogen-bond donors (Lipinski definition) is 1. The van der Waals surface area contributed by atoms with Crippen LogP contribution in [-0.2, 0) is 6.42 Å². The molecular formula is C11H16BrNO. The lowest BCUT2D eigenvalue weighted by atomic mass is 10.1. The van der Waals surface area contributed by atoms with Crippen LogP contribution >= 0.6 is 15.9 Å². The summed E-state index contributed by atoms with van der Waals surface area (Å²) in [6, 6.07) is 6.27. The largest absolute Gasteiger partial charge is 0.496 e. The van der Waals surface area contributed by atoms with Gasteiger partial charge in [0.15, 0.2) is 0 Å². The fourth-order valence-corrected chi connectivity index (χ4v) is 1.73. The normalized spacial score (nSPS) is 12.6. The van der Waals surface area contributed by atoms with Crippen LogP contribution < -0.4 is 10.5 Å². The molecule has 0 saturated carbocycles. The number of rotatable bonds is 4. The molecule has 0 bridgehead atoms. The number of halogens is 1. The minimum Gasteiger partial charge on any atom is -0.496 e. The van der Waals surface area contributed by atoms with Crippen molar-refractivity contribution in [3.8, 4) is 5.75 Å². The Labute approximate surface area is 93.6 Å². The molecule has 2 nitrogen and oxygen atoms in total. The Morgan fingerprint density at radius 2 is 2.21 bits per heavy atom. The van der Waals surface area contributed by atoms with Crippen LogP contribution in [0.15, 0.2) is 22.7 Å². The third kappa shape index (κ3) is 3.31. The van der Waals surface area contributed by atoms with Gasteiger partial charge in [-0.25, -0.2) is 0 Å².